The zero-order chi connectivity index (χ0) is 12.9. The van der Waals surface area contributed by atoms with Crippen LogP contribution in [0.4, 0.5) is 0 Å². The molecule has 0 spiro atoms. The Morgan fingerprint density at radius 2 is 2.22 bits per heavy atom. The fraction of sp³-hybridized carbons (Fsp3) is 0.308. The highest BCUT2D eigenvalue weighted by Gasteiger charge is 2.29. The van der Waals surface area contributed by atoms with Crippen LogP contribution in [-0.2, 0) is 0 Å². The molecule has 1 unspecified atom stereocenters. The van der Waals surface area contributed by atoms with Gasteiger partial charge in [0.15, 0.2) is 0 Å². The van der Waals surface area contributed by atoms with Crippen molar-refractivity contribution in [3.05, 3.63) is 33.0 Å². The second-order valence-electron chi connectivity index (χ2n) is 4.27. The average molecular weight is 356 g/mol. The molecule has 1 aliphatic rings. The quantitative estimate of drug-likeness (QED) is 0.736. The molecule has 3 rings (SSSR count). The molecule has 4 nitrogen and oxygen atoms in total. The Morgan fingerprint density at radius 1 is 1.44 bits per heavy atom. The van der Waals surface area contributed by atoms with Crippen LogP contribution in [0.15, 0.2) is 18.2 Å². The molecule has 0 saturated carbocycles. The monoisotopic (exact) mass is 356 g/mol. The molecule has 0 amide bonds. The second kappa shape index (κ2) is 4.15. The van der Waals surface area contributed by atoms with E-state index in [9.17, 15) is 0 Å². The molecule has 0 N–H and O–H groups in total. The SMILES string of the molecule is COc1cccc2c1C(C)Oc1c(I)c(C)nn1-2. The molecule has 1 aromatic carbocycles. The number of aromatic nitrogens is 2. The maximum atomic E-state index is 5.97. The molecule has 0 aliphatic carbocycles. The molecule has 0 saturated heterocycles. The largest absolute Gasteiger partial charge is 0.496 e. The number of aryl methyl sites for hydroxylation is 1. The van der Waals surface area contributed by atoms with Crippen molar-refractivity contribution in [3.63, 3.8) is 0 Å². The van der Waals surface area contributed by atoms with Crippen LogP contribution in [0.5, 0.6) is 11.6 Å². The lowest BCUT2D eigenvalue weighted by molar-refractivity contribution is 0.192. The van der Waals surface area contributed by atoms with Gasteiger partial charge in [0.05, 0.1) is 27.6 Å². The van der Waals surface area contributed by atoms with Gasteiger partial charge in [-0.05, 0) is 48.6 Å². The maximum Gasteiger partial charge on any atom is 0.231 e. The Bertz CT molecular complexity index is 622. The zero-order valence-corrected chi connectivity index (χ0v) is 12.6. The molecule has 18 heavy (non-hydrogen) atoms. The van der Waals surface area contributed by atoms with Gasteiger partial charge in [0, 0.05) is 0 Å². The predicted molar refractivity (Wildman–Crippen MR) is 76.6 cm³/mol. The first-order valence-corrected chi connectivity index (χ1v) is 6.80. The van der Waals surface area contributed by atoms with Gasteiger partial charge in [-0.25, -0.2) is 0 Å². The van der Waals surface area contributed by atoms with Gasteiger partial charge in [0.2, 0.25) is 5.88 Å². The molecule has 2 aromatic rings. The Kier molecular flexibility index (Phi) is 2.73. The molecule has 0 bridgehead atoms. The van der Waals surface area contributed by atoms with Crippen LogP contribution in [-0.4, -0.2) is 16.9 Å². The Labute approximate surface area is 119 Å². The van der Waals surface area contributed by atoms with Crippen LogP contribution in [0.2, 0.25) is 0 Å². The van der Waals surface area contributed by atoms with E-state index in [2.05, 4.69) is 27.7 Å². The van der Waals surface area contributed by atoms with Gasteiger partial charge in [-0.3, -0.25) is 0 Å². The van der Waals surface area contributed by atoms with Crippen LogP contribution >= 0.6 is 22.6 Å². The third-order valence-electron chi connectivity index (χ3n) is 3.13. The molecule has 1 aromatic heterocycles. The third-order valence-corrected chi connectivity index (χ3v) is 4.38. The second-order valence-corrected chi connectivity index (χ2v) is 5.35. The smallest absolute Gasteiger partial charge is 0.231 e. The van der Waals surface area contributed by atoms with Crippen LogP contribution in [0.1, 0.15) is 24.3 Å². The van der Waals surface area contributed by atoms with E-state index >= 15 is 0 Å². The van der Waals surface area contributed by atoms with Crippen LogP contribution in [0, 0.1) is 10.5 Å². The normalized spacial score (nSPS) is 16.8. The lowest BCUT2D eigenvalue weighted by Gasteiger charge is -2.26. The number of hydrogen-bond acceptors (Lipinski definition) is 3. The first kappa shape index (κ1) is 11.8. The van der Waals surface area contributed by atoms with E-state index in [0.29, 0.717) is 0 Å². The molecule has 1 atom stereocenters. The van der Waals surface area contributed by atoms with Crippen molar-refractivity contribution in [1.29, 1.82) is 0 Å². The van der Waals surface area contributed by atoms with Gasteiger partial charge in [-0.15, -0.1) is 0 Å². The van der Waals surface area contributed by atoms with Crippen molar-refractivity contribution < 1.29 is 9.47 Å². The highest BCUT2D eigenvalue weighted by atomic mass is 127. The molecule has 1 aliphatic heterocycles. The summed E-state index contributed by atoms with van der Waals surface area (Å²) < 4.78 is 14.3. The number of rotatable bonds is 1. The van der Waals surface area contributed by atoms with Gasteiger partial charge in [-0.1, -0.05) is 6.07 Å². The van der Waals surface area contributed by atoms with Crippen molar-refractivity contribution in [2.75, 3.05) is 7.11 Å². The van der Waals surface area contributed by atoms with E-state index < -0.39 is 0 Å². The molecule has 94 valence electrons. The number of hydrogen-bond donors (Lipinski definition) is 0. The Hall–Kier alpha value is -1.24. The fourth-order valence-corrected chi connectivity index (χ4v) is 2.75. The van der Waals surface area contributed by atoms with Crippen LogP contribution < -0.4 is 9.47 Å². The summed E-state index contributed by atoms with van der Waals surface area (Å²) in [6, 6.07) is 5.97. The summed E-state index contributed by atoms with van der Waals surface area (Å²) in [6.07, 6.45) is -0.0340. The minimum absolute atomic E-state index is 0.0340. The molecular formula is C13H13IN2O2. The molecule has 5 heteroatoms. The molecule has 2 heterocycles. The summed E-state index contributed by atoms with van der Waals surface area (Å²) in [4.78, 5) is 0. The number of fused-ring (bicyclic) bond motifs is 3. The van der Waals surface area contributed by atoms with Gasteiger partial charge >= 0.3 is 0 Å². The molecule has 0 fully saturated rings. The summed E-state index contributed by atoms with van der Waals surface area (Å²) >= 11 is 2.27. The molecule has 0 radical (unpaired) electrons. The maximum absolute atomic E-state index is 5.97. The van der Waals surface area contributed by atoms with Crippen LogP contribution in [0.25, 0.3) is 5.69 Å². The van der Waals surface area contributed by atoms with E-state index in [4.69, 9.17) is 9.47 Å². The lowest BCUT2D eigenvalue weighted by atomic mass is 10.1. The van der Waals surface area contributed by atoms with Gasteiger partial charge in [0.25, 0.3) is 0 Å². The average Bonchev–Trinajstić information content (AvgIpc) is 2.66. The standard InChI is InChI=1S/C13H13IN2O2/c1-7-12(14)13-16(15-7)9-5-4-6-10(17-3)11(9)8(2)18-13/h4-6,8H,1-3H3. The Morgan fingerprint density at radius 3 is 2.94 bits per heavy atom. The van der Waals surface area contributed by atoms with Gasteiger partial charge < -0.3 is 9.47 Å². The summed E-state index contributed by atoms with van der Waals surface area (Å²) in [5, 5.41) is 4.53. The lowest BCUT2D eigenvalue weighted by Crippen LogP contribution is -2.18. The van der Waals surface area contributed by atoms with Crippen molar-refractivity contribution in [2.24, 2.45) is 0 Å². The number of nitrogens with zero attached hydrogens (tertiary/aromatic N) is 2. The van der Waals surface area contributed by atoms with Crippen molar-refractivity contribution in [2.45, 2.75) is 20.0 Å². The number of benzene rings is 1. The van der Waals surface area contributed by atoms with E-state index in [1.54, 1.807) is 7.11 Å². The summed E-state index contributed by atoms with van der Waals surface area (Å²) in [5.74, 6) is 1.66. The highest BCUT2D eigenvalue weighted by molar-refractivity contribution is 14.1. The van der Waals surface area contributed by atoms with E-state index in [1.807, 2.05) is 36.7 Å². The zero-order valence-electron chi connectivity index (χ0n) is 10.4. The van der Waals surface area contributed by atoms with Crippen molar-refractivity contribution in [1.82, 2.24) is 9.78 Å². The van der Waals surface area contributed by atoms with Crippen molar-refractivity contribution in [3.8, 4) is 17.3 Å². The molecular weight excluding hydrogens is 343 g/mol. The van der Waals surface area contributed by atoms with Gasteiger partial charge in [0.1, 0.15) is 11.9 Å². The third kappa shape index (κ3) is 1.53. The number of halogens is 1. The van der Waals surface area contributed by atoms with Gasteiger partial charge in [-0.2, -0.15) is 9.78 Å². The Balaban J connectivity index is 2.31. The summed E-state index contributed by atoms with van der Waals surface area (Å²) in [7, 11) is 1.68. The van der Waals surface area contributed by atoms with E-state index in [1.165, 1.54) is 0 Å². The minimum Gasteiger partial charge on any atom is -0.496 e. The first-order chi connectivity index (χ1) is 8.63. The number of ether oxygens (including phenoxy) is 2. The topological polar surface area (TPSA) is 36.3 Å². The first-order valence-electron chi connectivity index (χ1n) is 5.72. The fourth-order valence-electron chi connectivity index (χ4n) is 2.28. The number of methoxy groups -OCH3 is 1. The predicted octanol–water partition coefficient (Wildman–Crippen LogP) is 3.25. The van der Waals surface area contributed by atoms with Crippen LogP contribution in [0.3, 0.4) is 0 Å². The summed E-state index contributed by atoms with van der Waals surface area (Å²) in [5.41, 5.74) is 3.06. The summed E-state index contributed by atoms with van der Waals surface area (Å²) in [6.45, 7) is 4.02. The van der Waals surface area contributed by atoms with E-state index in [0.717, 1.165) is 32.1 Å². The van der Waals surface area contributed by atoms with Crippen molar-refractivity contribution >= 4 is 22.6 Å². The van der Waals surface area contributed by atoms with E-state index in [-0.39, 0.29) is 6.10 Å². The minimum atomic E-state index is -0.0340. The highest BCUT2D eigenvalue weighted by Crippen LogP contribution is 2.41.